The summed E-state index contributed by atoms with van der Waals surface area (Å²) in [4.78, 5) is 12.0. The van der Waals surface area contributed by atoms with Crippen molar-refractivity contribution in [3.8, 4) is 17.1 Å². The van der Waals surface area contributed by atoms with Gasteiger partial charge in [0.25, 0.3) is 0 Å². The molecule has 0 atom stereocenters. The van der Waals surface area contributed by atoms with Gasteiger partial charge in [-0.25, -0.2) is 4.98 Å². The first kappa shape index (κ1) is 28.5. The van der Waals surface area contributed by atoms with Crippen LogP contribution in [0.5, 0.6) is 0 Å². The van der Waals surface area contributed by atoms with Crippen molar-refractivity contribution in [3.05, 3.63) is 145 Å². The van der Waals surface area contributed by atoms with Crippen LogP contribution in [-0.2, 0) is 33.5 Å². The van der Waals surface area contributed by atoms with Gasteiger partial charge in [0.05, 0.1) is 16.9 Å². The van der Waals surface area contributed by atoms with E-state index in [1.165, 1.54) is 16.5 Å². The molecule has 0 N–H and O–H groups in total. The maximum absolute atomic E-state index is 4.99. The summed E-state index contributed by atoms with van der Waals surface area (Å²) < 4.78 is 4.44. The van der Waals surface area contributed by atoms with Gasteiger partial charge in [-0.3, -0.25) is 4.98 Å². The molecule has 46 heavy (non-hydrogen) atoms. The van der Waals surface area contributed by atoms with Crippen molar-refractivity contribution >= 4 is 50.0 Å². The summed E-state index contributed by atoms with van der Waals surface area (Å²) in [6.07, 6.45) is 1.85. The summed E-state index contributed by atoms with van der Waals surface area (Å²) in [5.74, 6) is 1.76. The van der Waals surface area contributed by atoms with Gasteiger partial charge in [-0.2, -0.15) is 6.07 Å². The molecule has 9 rings (SSSR count). The van der Waals surface area contributed by atoms with E-state index in [2.05, 4.69) is 144 Å². The third kappa shape index (κ3) is 4.05. The van der Waals surface area contributed by atoms with Crippen molar-refractivity contribution < 1.29 is 21.1 Å². The number of hydrogen-bond acceptors (Lipinski definition) is 3. The van der Waals surface area contributed by atoms with Gasteiger partial charge in [0.15, 0.2) is 0 Å². The van der Waals surface area contributed by atoms with Gasteiger partial charge >= 0.3 is 21.1 Å². The van der Waals surface area contributed by atoms with E-state index in [9.17, 15) is 0 Å². The van der Waals surface area contributed by atoms with Gasteiger partial charge in [-0.15, -0.1) is 41.5 Å². The number of hydrogen-bond donors (Lipinski definition) is 0. The zero-order valence-corrected chi connectivity index (χ0v) is 27.9. The average molecular weight is 775 g/mol. The molecule has 0 unspecified atom stereocenters. The Balaban J connectivity index is 0.00000312. The maximum Gasteiger partial charge on any atom is 2.00 e. The van der Waals surface area contributed by atoms with Gasteiger partial charge in [-0.05, 0) is 58.3 Å². The number of imidazole rings is 1. The molecule has 5 aromatic carbocycles. The molecule has 0 bridgehead atoms. The second-order valence-electron chi connectivity index (χ2n) is 12.2. The van der Waals surface area contributed by atoms with E-state index in [0.717, 1.165) is 61.7 Å². The molecule has 0 amide bonds. The van der Waals surface area contributed by atoms with Crippen LogP contribution in [0.25, 0.3) is 49.9 Å². The van der Waals surface area contributed by atoms with Gasteiger partial charge in [0.1, 0.15) is 5.82 Å². The molecule has 0 spiro atoms. The van der Waals surface area contributed by atoms with Gasteiger partial charge in [0.2, 0.25) is 0 Å². The first-order chi connectivity index (χ1) is 22.0. The van der Waals surface area contributed by atoms with Crippen molar-refractivity contribution in [2.45, 2.75) is 19.3 Å². The predicted molar refractivity (Wildman–Crippen MR) is 183 cm³/mol. The maximum atomic E-state index is 4.99. The number of aryl methyl sites for hydroxylation is 1. The second-order valence-corrected chi connectivity index (χ2v) is 12.2. The molecule has 8 aromatic rings. The van der Waals surface area contributed by atoms with E-state index in [-0.39, 0.29) is 26.5 Å². The molecule has 0 saturated heterocycles. The molecule has 4 heterocycles. The Morgan fingerprint density at radius 1 is 0.674 bits per heavy atom. The molecule has 3 aromatic heterocycles. The van der Waals surface area contributed by atoms with Crippen LogP contribution in [0, 0.1) is 12.1 Å². The van der Waals surface area contributed by atoms with E-state index in [1.807, 2.05) is 24.4 Å². The summed E-state index contributed by atoms with van der Waals surface area (Å²) >= 11 is 0. The number of fused-ring (bicyclic) bond motifs is 6. The van der Waals surface area contributed by atoms with Crippen LogP contribution >= 0.6 is 0 Å². The Hall–Kier alpha value is -4.99. The van der Waals surface area contributed by atoms with E-state index in [1.54, 1.807) is 0 Å². The Morgan fingerprint density at radius 2 is 1.43 bits per heavy atom. The number of pyridine rings is 1. The topological polar surface area (TPSA) is 38.9 Å². The Kier molecular flexibility index (Phi) is 6.52. The standard InChI is InChI=1S/C40H29N5.Pt/c1-40(2)30-13-5-8-16-34(30)45(38-18-10-11-23-41-38)37-25-27(20-22-31(37)40)44-33-15-7-4-12-28(33)29-21-19-26(24-36(29)44)39-42-32-14-6-9-17-35(32)43(39)3;/h4-23H,1-3H3;/q-2;+2. The second kappa shape index (κ2) is 10.5. The SMILES string of the molecule is Cn1c(-c2[c-]c3c(cc2)c2ccccc2n3-c2[c-]c3c(cc2)C(C)(C)c2ccccc2N3c2ccccn2)nc2ccccc21.[Pt+2]. The summed E-state index contributed by atoms with van der Waals surface area (Å²) in [5, 5.41) is 2.32. The molecule has 6 heteroatoms. The van der Waals surface area contributed by atoms with Gasteiger partial charge < -0.3 is 14.0 Å². The Morgan fingerprint density at radius 3 is 2.26 bits per heavy atom. The summed E-state index contributed by atoms with van der Waals surface area (Å²) in [5.41, 5.74) is 10.5. The van der Waals surface area contributed by atoms with E-state index >= 15 is 0 Å². The largest absolute Gasteiger partial charge is 2.00 e. The van der Waals surface area contributed by atoms with Crippen LogP contribution in [0.3, 0.4) is 0 Å². The zero-order valence-electron chi connectivity index (χ0n) is 25.6. The number of benzene rings is 5. The minimum atomic E-state index is -0.216. The summed E-state index contributed by atoms with van der Waals surface area (Å²) in [6.45, 7) is 4.59. The first-order valence-corrected chi connectivity index (χ1v) is 15.3. The smallest absolute Gasteiger partial charge is 0.367 e. The van der Waals surface area contributed by atoms with Crippen LogP contribution in [0.2, 0.25) is 0 Å². The van der Waals surface area contributed by atoms with Crippen LogP contribution in [0.4, 0.5) is 17.2 Å². The minimum Gasteiger partial charge on any atom is -0.367 e. The van der Waals surface area contributed by atoms with Crippen molar-refractivity contribution in [1.29, 1.82) is 0 Å². The molecular weight excluding hydrogens is 746 g/mol. The number of rotatable bonds is 3. The van der Waals surface area contributed by atoms with Crippen molar-refractivity contribution in [1.82, 2.24) is 19.1 Å². The molecule has 0 fully saturated rings. The fourth-order valence-electron chi connectivity index (χ4n) is 7.13. The third-order valence-electron chi connectivity index (χ3n) is 9.36. The molecule has 1 aliphatic heterocycles. The average Bonchev–Trinajstić information content (AvgIpc) is 3.59. The first-order valence-electron chi connectivity index (χ1n) is 15.3. The molecule has 0 saturated carbocycles. The quantitative estimate of drug-likeness (QED) is 0.168. The van der Waals surface area contributed by atoms with Crippen molar-refractivity contribution in [3.63, 3.8) is 0 Å². The number of para-hydroxylation sites is 4. The van der Waals surface area contributed by atoms with E-state index in [4.69, 9.17) is 9.97 Å². The zero-order chi connectivity index (χ0) is 30.3. The van der Waals surface area contributed by atoms with Crippen LogP contribution in [0.15, 0.2) is 121 Å². The van der Waals surface area contributed by atoms with E-state index in [0.29, 0.717) is 0 Å². The van der Waals surface area contributed by atoms with Crippen LogP contribution in [-0.4, -0.2) is 19.1 Å². The monoisotopic (exact) mass is 774 g/mol. The van der Waals surface area contributed by atoms with Crippen molar-refractivity contribution in [2.24, 2.45) is 7.05 Å². The molecule has 0 radical (unpaired) electrons. The normalized spacial score (nSPS) is 13.5. The predicted octanol–water partition coefficient (Wildman–Crippen LogP) is 9.44. The fraction of sp³-hybridized carbons (Fsp3) is 0.100. The Labute approximate surface area is 282 Å². The van der Waals surface area contributed by atoms with Crippen molar-refractivity contribution in [2.75, 3.05) is 4.90 Å². The molecule has 5 nitrogen and oxygen atoms in total. The molecule has 1 aliphatic rings. The number of anilines is 3. The molecular formula is C40H29N5Pt. The van der Waals surface area contributed by atoms with Crippen LogP contribution in [0.1, 0.15) is 25.0 Å². The Bertz CT molecular complexity index is 2440. The summed E-state index contributed by atoms with van der Waals surface area (Å²) in [6, 6.07) is 48.0. The molecule has 0 aliphatic carbocycles. The third-order valence-corrected chi connectivity index (χ3v) is 9.36. The van der Waals surface area contributed by atoms with Gasteiger partial charge in [-0.1, -0.05) is 85.2 Å². The fourth-order valence-corrected chi connectivity index (χ4v) is 7.13. The number of nitrogens with zero attached hydrogens (tertiary/aromatic N) is 5. The summed E-state index contributed by atoms with van der Waals surface area (Å²) in [7, 11) is 2.07. The van der Waals surface area contributed by atoms with Crippen LogP contribution < -0.4 is 4.90 Å². The minimum absolute atomic E-state index is 0. The van der Waals surface area contributed by atoms with Gasteiger partial charge in [0, 0.05) is 24.4 Å². The molecule has 224 valence electrons. The number of aromatic nitrogens is 4. The van der Waals surface area contributed by atoms with E-state index < -0.39 is 0 Å².